The highest BCUT2D eigenvalue weighted by Gasteiger charge is 2.06. The number of nitrogens with one attached hydrogen (secondary N) is 1. The third kappa shape index (κ3) is 4.05. The minimum Gasteiger partial charge on any atom is -0.383 e. The Morgan fingerprint density at radius 3 is 2.45 bits per heavy atom. The van der Waals surface area contributed by atoms with Crippen molar-refractivity contribution >= 4 is 5.69 Å². The first kappa shape index (κ1) is 14.5. The van der Waals surface area contributed by atoms with Crippen LogP contribution in [-0.4, -0.2) is 6.54 Å². The quantitative estimate of drug-likeness (QED) is 0.753. The highest BCUT2D eigenvalue weighted by Crippen LogP contribution is 2.18. The van der Waals surface area contributed by atoms with Crippen molar-refractivity contribution in [2.45, 2.75) is 26.2 Å². The number of halogens is 2. The van der Waals surface area contributed by atoms with Crippen LogP contribution >= 0.6 is 0 Å². The molecule has 0 aliphatic heterocycles. The first-order valence-electron chi connectivity index (χ1n) is 6.90. The molecule has 2 rings (SSSR count). The van der Waals surface area contributed by atoms with E-state index in [2.05, 4.69) is 17.4 Å². The molecule has 2 aromatic rings. The monoisotopic (exact) mass is 275 g/mol. The van der Waals surface area contributed by atoms with E-state index in [9.17, 15) is 8.78 Å². The van der Waals surface area contributed by atoms with E-state index in [0.717, 1.165) is 19.3 Å². The maximum atomic E-state index is 13.6. The molecule has 0 heterocycles. The zero-order valence-corrected chi connectivity index (χ0v) is 11.6. The van der Waals surface area contributed by atoms with E-state index in [1.165, 1.54) is 17.7 Å². The van der Waals surface area contributed by atoms with Crippen LogP contribution in [-0.2, 0) is 6.42 Å². The van der Waals surface area contributed by atoms with Crippen LogP contribution in [0.1, 0.15) is 24.0 Å². The predicted octanol–water partition coefficient (Wildman–Crippen LogP) is 4.71. The van der Waals surface area contributed by atoms with Gasteiger partial charge in [0.05, 0.1) is 5.69 Å². The molecule has 3 heteroatoms. The lowest BCUT2D eigenvalue weighted by Gasteiger charge is -2.09. The van der Waals surface area contributed by atoms with Gasteiger partial charge in [-0.3, -0.25) is 0 Å². The lowest BCUT2D eigenvalue weighted by Crippen LogP contribution is -2.05. The van der Waals surface area contributed by atoms with Gasteiger partial charge in [-0.2, -0.15) is 0 Å². The molecule has 0 aliphatic rings. The van der Waals surface area contributed by atoms with Crippen molar-refractivity contribution in [3.63, 3.8) is 0 Å². The summed E-state index contributed by atoms with van der Waals surface area (Å²) in [6.07, 6.45) is 2.95. The van der Waals surface area contributed by atoms with Crippen molar-refractivity contribution in [2.75, 3.05) is 11.9 Å². The second-order valence-corrected chi connectivity index (χ2v) is 4.95. The van der Waals surface area contributed by atoms with Crippen LogP contribution in [0.3, 0.4) is 0 Å². The lowest BCUT2D eigenvalue weighted by atomic mass is 10.1. The van der Waals surface area contributed by atoms with Gasteiger partial charge in [-0.15, -0.1) is 0 Å². The van der Waals surface area contributed by atoms with Crippen molar-refractivity contribution in [2.24, 2.45) is 0 Å². The molecule has 0 aliphatic carbocycles. The van der Waals surface area contributed by atoms with Gasteiger partial charge in [-0.05, 0) is 43.4 Å². The molecule has 0 atom stereocenters. The van der Waals surface area contributed by atoms with E-state index >= 15 is 0 Å². The molecular weight excluding hydrogens is 256 g/mol. The fourth-order valence-electron chi connectivity index (χ4n) is 2.10. The molecule has 0 bridgehead atoms. The summed E-state index contributed by atoms with van der Waals surface area (Å²) in [4.78, 5) is 0. The molecule has 106 valence electrons. The fourth-order valence-corrected chi connectivity index (χ4v) is 2.10. The minimum atomic E-state index is -0.396. The van der Waals surface area contributed by atoms with Crippen LogP contribution in [0, 0.1) is 18.6 Å². The number of benzene rings is 2. The molecule has 0 saturated carbocycles. The fraction of sp³-hybridized carbons (Fsp3) is 0.294. The van der Waals surface area contributed by atoms with Gasteiger partial charge < -0.3 is 5.32 Å². The minimum absolute atomic E-state index is 0.243. The van der Waals surface area contributed by atoms with Crippen LogP contribution in [0.25, 0.3) is 0 Å². The normalized spacial score (nSPS) is 10.6. The summed E-state index contributed by atoms with van der Waals surface area (Å²) in [5, 5.41) is 2.95. The summed E-state index contributed by atoms with van der Waals surface area (Å²) >= 11 is 0. The number of hydrogen-bond acceptors (Lipinski definition) is 1. The molecule has 0 unspecified atom stereocenters. The standard InChI is InChI=1S/C17H19F2N/c1-13-11-16(19)17(12-15(13)18)20-10-6-5-9-14-7-3-2-4-8-14/h2-4,7-8,11-12,20H,5-6,9-10H2,1H3. The Hall–Kier alpha value is -1.90. The number of hydrogen-bond donors (Lipinski definition) is 1. The van der Waals surface area contributed by atoms with E-state index in [1.807, 2.05) is 18.2 Å². The number of unbranched alkanes of at least 4 members (excludes halogenated alkanes) is 1. The summed E-state index contributed by atoms with van der Waals surface area (Å²) in [5.41, 5.74) is 1.88. The van der Waals surface area contributed by atoms with Gasteiger partial charge in [-0.25, -0.2) is 8.78 Å². The first-order chi connectivity index (χ1) is 9.66. The summed E-state index contributed by atoms with van der Waals surface area (Å²) in [6, 6.07) is 12.7. The molecule has 0 spiro atoms. The molecule has 0 aromatic heterocycles. The molecule has 0 radical (unpaired) electrons. The van der Waals surface area contributed by atoms with Crippen molar-refractivity contribution in [3.8, 4) is 0 Å². The summed E-state index contributed by atoms with van der Waals surface area (Å²) in [6.45, 7) is 2.20. The van der Waals surface area contributed by atoms with Crippen molar-refractivity contribution in [1.29, 1.82) is 0 Å². The Kier molecular flexibility index (Phi) is 5.10. The molecule has 0 amide bonds. The second kappa shape index (κ2) is 7.04. The van der Waals surface area contributed by atoms with Gasteiger partial charge >= 0.3 is 0 Å². The first-order valence-corrected chi connectivity index (χ1v) is 6.90. The zero-order chi connectivity index (χ0) is 14.4. The Morgan fingerprint density at radius 2 is 1.70 bits per heavy atom. The maximum Gasteiger partial charge on any atom is 0.146 e. The number of rotatable bonds is 6. The predicted molar refractivity (Wildman–Crippen MR) is 79.0 cm³/mol. The highest BCUT2D eigenvalue weighted by molar-refractivity contribution is 5.46. The van der Waals surface area contributed by atoms with Gasteiger partial charge in [0.15, 0.2) is 0 Å². The molecular formula is C17H19F2N. The van der Waals surface area contributed by atoms with E-state index in [4.69, 9.17) is 0 Å². The third-order valence-electron chi connectivity index (χ3n) is 3.30. The van der Waals surface area contributed by atoms with Crippen molar-refractivity contribution < 1.29 is 8.78 Å². The van der Waals surface area contributed by atoms with Crippen LogP contribution in [0.4, 0.5) is 14.5 Å². The molecule has 2 aromatic carbocycles. The Morgan fingerprint density at radius 1 is 0.950 bits per heavy atom. The van der Waals surface area contributed by atoms with Crippen LogP contribution in [0.5, 0.6) is 0 Å². The summed E-state index contributed by atoms with van der Waals surface area (Å²) < 4.78 is 26.9. The second-order valence-electron chi connectivity index (χ2n) is 4.95. The van der Waals surface area contributed by atoms with Gasteiger partial charge in [0.1, 0.15) is 11.6 Å². The molecule has 0 saturated heterocycles. The van der Waals surface area contributed by atoms with Gasteiger partial charge in [-0.1, -0.05) is 30.3 Å². The molecule has 0 fully saturated rings. The van der Waals surface area contributed by atoms with Crippen LogP contribution in [0.2, 0.25) is 0 Å². The number of aryl methyl sites for hydroxylation is 2. The molecule has 20 heavy (non-hydrogen) atoms. The Labute approximate surface area is 118 Å². The summed E-state index contributed by atoms with van der Waals surface area (Å²) in [5.74, 6) is -0.773. The number of anilines is 1. The van der Waals surface area contributed by atoms with Crippen molar-refractivity contribution in [1.82, 2.24) is 0 Å². The lowest BCUT2D eigenvalue weighted by molar-refractivity contribution is 0.594. The van der Waals surface area contributed by atoms with E-state index < -0.39 is 5.82 Å². The molecule has 1 N–H and O–H groups in total. The van der Waals surface area contributed by atoms with Crippen LogP contribution in [0.15, 0.2) is 42.5 Å². The van der Waals surface area contributed by atoms with Gasteiger partial charge in [0.25, 0.3) is 0 Å². The average molecular weight is 275 g/mol. The maximum absolute atomic E-state index is 13.6. The highest BCUT2D eigenvalue weighted by atomic mass is 19.1. The largest absolute Gasteiger partial charge is 0.383 e. The topological polar surface area (TPSA) is 12.0 Å². The SMILES string of the molecule is Cc1cc(F)c(NCCCCc2ccccc2)cc1F. The summed E-state index contributed by atoms with van der Waals surface area (Å²) in [7, 11) is 0. The Balaban J connectivity index is 1.75. The smallest absolute Gasteiger partial charge is 0.146 e. The van der Waals surface area contributed by atoms with E-state index in [1.54, 1.807) is 6.92 Å². The van der Waals surface area contributed by atoms with Crippen molar-refractivity contribution in [3.05, 3.63) is 65.2 Å². The van der Waals surface area contributed by atoms with Gasteiger partial charge in [0.2, 0.25) is 0 Å². The zero-order valence-electron chi connectivity index (χ0n) is 11.6. The molecule has 1 nitrogen and oxygen atoms in total. The Bertz CT molecular complexity index is 552. The van der Waals surface area contributed by atoms with Crippen LogP contribution < -0.4 is 5.32 Å². The average Bonchev–Trinajstić information content (AvgIpc) is 2.45. The van der Waals surface area contributed by atoms with E-state index in [0.29, 0.717) is 12.1 Å². The van der Waals surface area contributed by atoms with Gasteiger partial charge in [0, 0.05) is 12.6 Å². The van der Waals surface area contributed by atoms with E-state index in [-0.39, 0.29) is 11.5 Å². The third-order valence-corrected chi connectivity index (χ3v) is 3.30.